The van der Waals surface area contributed by atoms with Gasteiger partial charge in [-0.15, -0.1) is 6.58 Å². The highest BCUT2D eigenvalue weighted by Gasteiger charge is 2.60. The molecule has 0 spiro atoms. The Morgan fingerprint density at radius 2 is 1.75 bits per heavy atom. The molecule has 1 unspecified atom stereocenters. The second-order valence-electron chi connectivity index (χ2n) is 14.9. The van der Waals surface area contributed by atoms with Crippen LogP contribution in [0.5, 0.6) is 17.4 Å². The monoisotopic (exact) mass is 747 g/mol. The van der Waals surface area contributed by atoms with Crippen LogP contribution in [0.4, 0.5) is 4.79 Å². The third-order valence-corrected chi connectivity index (χ3v) is 11.9. The maximum absolute atomic E-state index is 14.5. The molecule has 2 aliphatic carbocycles. The summed E-state index contributed by atoms with van der Waals surface area (Å²) in [5, 5.41) is 6.59. The van der Waals surface area contributed by atoms with Crippen LogP contribution in [0.2, 0.25) is 0 Å². The van der Waals surface area contributed by atoms with Crippen molar-refractivity contribution in [2.75, 3.05) is 20.2 Å². The molecule has 2 heterocycles. The number of aromatic nitrogens is 1. The second kappa shape index (κ2) is 14.7. The largest absolute Gasteiger partial charge is 0.493 e. The van der Waals surface area contributed by atoms with E-state index in [0.717, 1.165) is 10.8 Å². The number of rotatable bonds is 13. The van der Waals surface area contributed by atoms with Crippen molar-refractivity contribution in [3.63, 3.8) is 0 Å². The number of benzene rings is 2. The fourth-order valence-corrected chi connectivity index (χ4v) is 8.11. The van der Waals surface area contributed by atoms with Crippen molar-refractivity contribution < 1.29 is 41.8 Å². The van der Waals surface area contributed by atoms with Crippen LogP contribution in [0.15, 0.2) is 73.4 Å². The zero-order chi connectivity index (χ0) is 38.1. The van der Waals surface area contributed by atoms with Crippen molar-refractivity contribution in [3.8, 4) is 17.4 Å². The molecule has 53 heavy (non-hydrogen) atoms. The van der Waals surface area contributed by atoms with E-state index in [9.17, 15) is 27.6 Å². The first-order valence-electron chi connectivity index (χ1n) is 17.6. The van der Waals surface area contributed by atoms with Gasteiger partial charge in [0.05, 0.1) is 24.3 Å². The number of sulfonamides is 1. The van der Waals surface area contributed by atoms with Crippen LogP contribution in [0.25, 0.3) is 10.8 Å². The molecule has 14 nitrogen and oxygen atoms in total. The molecule has 1 saturated heterocycles. The highest BCUT2D eigenvalue weighted by Crippen LogP contribution is 2.53. The summed E-state index contributed by atoms with van der Waals surface area (Å²) in [7, 11) is -2.38. The Morgan fingerprint density at radius 1 is 1.06 bits per heavy atom. The van der Waals surface area contributed by atoms with Crippen LogP contribution >= 0.6 is 0 Å². The van der Waals surface area contributed by atoms with Crippen molar-refractivity contribution in [2.24, 2.45) is 16.7 Å². The number of allylic oxidation sites excluding steroid dienone is 1. The van der Waals surface area contributed by atoms with Gasteiger partial charge >= 0.3 is 6.09 Å². The summed E-state index contributed by atoms with van der Waals surface area (Å²) in [6.07, 6.45) is 2.99. The van der Waals surface area contributed by atoms with Crippen LogP contribution in [-0.4, -0.2) is 85.8 Å². The Bertz CT molecular complexity index is 2020. The molecule has 15 heteroatoms. The predicted molar refractivity (Wildman–Crippen MR) is 196 cm³/mol. The topological polar surface area (TPSA) is 182 Å². The first-order valence-corrected chi connectivity index (χ1v) is 19.1. The first-order chi connectivity index (χ1) is 25.2. The summed E-state index contributed by atoms with van der Waals surface area (Å²) >= 11 is 0. The lowest BCUT2D eigenvalue weighted by Crippen LogP contribution is -2.58. The number of hydrogen-bond acceptors (Lipinski definition) is 10. The standard InChI is InChI=1S/C38H45N5O9S/c1-6-24-20-38(24,35(46)42-53(48,49)26-15-16-26)22-40-32(44)28-19-25(51-33-27-12-8-7-11-23(27)17-18-39-33)21-43(28)34(45)31(37(2,3)4)41-36(47)52-30-14-10-9-13-29(30)50-5/h6-14,17-18,24-26,28,31H,1,15-16,19-22H2,2-5H3,(H,40,44)(H,41,47)(H,42,46)/t24-,25?,28+,31-,38-/m1/s1. The molecule has 5 atom stereocenters. The molecule has 2 saturated carbocycles. The van der Waals surface area contributed by atoms with Gasteiger partial charge in [0, 0.05) is 24.5 Å². The number of carbonyl (C=O) groups excluding carboxylic acids is 4. The first kappa shape index (κ1) is 37.6. The minimum absolute atomic E-state index is 0.0157. The van der Waals surface area contributed by atoms with Crippen LogP contribution in [0.3, 0.4) is 0 Å². The summed E-state index contributed by atoms with van der Waals surface area (Å²) < 4.78 is 44.6. The molecular weight excluding hydrogens is 703 g/mol. The normalized spacial score (nSPS) is 23.0. The number of para-hydroxylation sites is 2. The Balaban J connectivity index is 1.24. The number of hydrogen-bond donors (Lipinski definition) is 3. The molecule has 3 N–H and O–H groups in total. The minimum Gasteiger partial charge on any atom is -0.493 e. The van der Waals surface area contributed by atoms with Crippen molar-refractivity contribution in [3.05, 3.63) is 73.4 Å². The SMILES string of the molecule is C=C[C@@H]1C[C@]1(CNC(=O)[C@@H]1CC(Oc2nccc3ccccc23)CN1C(=O)[C@@H](NC(=O)Oc1ccccc1OC)C(C)(C)C)C(=O)NS(=O)(=O)C1CC1. The molecule has 0 bridgehead atoms. The quantitative estimate of drug-likeness (QED) is 0.218. The van der Waals surface area contributed by atoms with Gasteiger partial charge in [0.25, 0.3) is 0 Å². The average Bonchev–Trinajstić information content (AvgIpc) is 4.06. The summed E-state index contributed by atoms with van der Waals surface area (Å²) in [6.45, 7) is 8.93. The summed E-state index contributed by atoms with van der Waals surface area (Å²) in [6, 6.07) is 13.8. The lowest BCUT2D eigenvalue weighted by Gasteiger charge is -2.35. The lowest BCUT2D eigenvalue weighted by atomic mass is 9.85. The van der Waals surface area contributed by atoms with Crippen LogP contribution in [0, 0.1) is 16.7 Å². The number of likely N-dealkylation sites (tertiary alicyclic amines) is 1. The summed E-state index contributed by atoms with van der Waals surface area (Å²) in [4.78, 5) is 61.0. The van der Waals surface area contributed by atoms with Crippen LogP contribution in [0.1, 0.15) is 46.5 Å². The Hall–Kier alpha value is -5.18. The Morgan fingerprint density at radius 3 is 2.42 bits per heavy atom. The molecule has 1 aliphatic heterocycles. The van der Waals surface area contributed by atoms with Gasteiger partial charge in [-0.25, -0.2) is 18.2 Å². The number of ether oxygens (including phenoxy) is 3. The molecule has 3 fully saturated rings. The van der Waals surface area contributed by atoms with Crippen LogP contribution in [-0.2, 0) is 24.4 Å². The van der Waals surface area contributed by atoms with E-state index in [1.807, 2.05) is 30.3 Å². The van der Waals surface area contributed by atoms with E-state index in [1.54, 1.807) is 57.3 Å². The van der Waals surface area contributed by atoms with Crippen molar-refractivity contribution in [2.45, 2.75) is 69.9 Å². The number of carbonyl (C=O) groups is 4. The molecule has 4 amide bonds. The van der Waals surface area contributed by atoms with E-state index < -0.39 is 68.1 Å². The highest BCUT2D eigenvalue weighted by atomic mass is 32.2. The molecule has 0 radical (unpaired) electrons. The predicted octanol–water partition coefficient (Wildman–Crippen LogP) is 3.71. The number of nitrogens with zero attached hydrogens (tertiary/aromatic N) is 2. The average molecular weight is 748 g/mol. The summed E-state index contributed by atoms with van der Waals surface area (Å²) in [5.41, 5.74) is -2.04. The van der Waals surface area contributed by atoms with Crippen molar-refractivity contribution in [1.29, 1.82) is 0 Å². The smallest absolute Gasteiger partial charge is 0.413 e. The van der Waals surface area contributed by atoms with Gasteiger partial charge in [0.15, 0.2) is 11.5 Å². The van der Waals surface area contributed by atoms with E-state index in [1.165, 1.54) is 12.0 Å². The zero-order valence-electron chi connectivity index (χ0n) is 30.2. The van der Waals surface area contributed by atoms with Crippen LogP contribution < -0.4 is 29.6 Å². The van der Waals surface area contributed by atoms with Crippen molar-refractivity contribution >= 4 is 44.6 Å². The van der Waals surface area contributed by atoms with Gasteiger partial charge in [-0.3, -0.25) is 19.1 Å². The molecule has 3 aliphatic rings. The molecule has 282 valence electrons. The third-order valence-electron chi connectivity index (χ3n) is 10.1. The molecule has 1 aromatic heterocycles. The maximum Gasteiger partial charge on any atom is 0.413 e. The highest BCUT2D eigenvalue weighted by molar-refractivity contribution is 7.90. The number of fused-ring (bicyclic) bond motifs is 1. The fourth-order valence-electron chi connectivity index (χ4n) is 6.73. The number of nitrogens with one attached hydrogen (secondary N) is 3. The van der Waals surface area contributed by atoms with E-state index in [-0.39, 0.29) is 31.2 Å². The van der Waals surface area contributed by atoms with E-state index in [2.05, 4.69) is 26.9 Å². The van der Waals surface area contributed by atoms with E-state index in [0.29, 0.717) is 30.9 Å². The number of pyridine rings is 1. The minimum atomic E-state index is -3.82. The Kier molecular flexibility index (Phi) is 10.4. The van der Waals surface area contributed by atoms with Gasteiger partial charge in [0.2, 0.25) is 33.6 Å². The number of amides is 4. The van der Waals surface area contributed by atoms with E-state index >= 15 is 0 Å². The molecular formula is C38H45N5O9S. The summed E-state index contributed by atoms with van der Waals surface area (Å²) in [5.74, 6) is -1.34. The number of methoxy groups -OCH3 is 1. The van der Waals surface area contributed by atoms with E-state index in [4.69, 9.17) is 14.2 Å². The molecule has 6 rings (SSSR count). The zero-order valence-corrected chi connectivity index (χ0v) is 31.0. The maximum atomic E-state index is 14.5. The van der Waals surface area contributed by atoms with Gasteiger partial charge in [-0.05, 0) is 60.2 Å². The van der Waals surface area contributed by atoms with Gasteiger partial charge < -0.3 is 29.7 Å². The van der Waals surface area contributed by atoms with Gasteiger partial charge in [0.1, 0.15) is 18.2 Å². The van der Waals surface area contributed by atoms with Gasteiger partial charge in [-0.2, -0.15) is 0 Å². The lowest BCUT2D eigenvalue weighted by molar-refractivity contribution is -0.142. The third kappa shape index (κ3) is 8.09. The second-order valence-corrected chi connectivity index (χ2v) is 16.9. The fraction of sp³-hybridized carbons (Fsp3) is 0.447. The Labute approximate surface area is 308 Å². The molecule has 3 aromatic rings. The van der Waals surface area contributed by atoms with Gasteiger partial charge in [-0.1, -0.05) is 57.2 Å². The molecule has 2 aromatic carbocycles. The van der Waals surface area contributed by atoms with Crippen molar-refractivity contribution in [1.82, 2.24) is 25.2 Å².